The largest absolute Gasteiger partial charge is 0.443 e. The van der Waals surface area contributed by atoms with Gasteiger partial charge in [0.25, 0.3) is 0 Å². The van der Waals surface area contributed by atoms with E-state index in [2.05, 4.69) is 15.5 Å². The molecular formula is C29H27F2N5O5. The van der Waals surface area contributed by atoms with Crippen molar-refractivity contribution in [2.75, 3.05) is 29.9 Å². The van der Waals surface area contributed by atoms with Gasteiger partial charge < -0.3 is 19.9 Å². The van der Waals surface area contributed by atoms with E-state index in [1.807, 2.05) is 0 Å². The highest BCUT2D eigenvalue weighted by Gasteiger charge is 2.74. The van der Waals surface area contributed by atoms with Gasteiger partial charge in [0.05, 0.1) is 23.9 Å². The topological polar surface area (TPSA) is 112 Å². The number of hydrogen-bond donors (Lipinski definition) is 2. The molecule has 3 aliphatic carbocycles. The summed E-state index contributed by atoms with van der Waals surface area (Å²) in [4.78, 5) is 55.7. The average Bonchev–Trinajstić information content (AvgIpc) is 2.87. The lowest BCUT2D eigenvalue weighted by Gasteiger charge is -2.67. The highest BCUT2D eigenvalue weighted by Crippen LogP contribution is 2.69. The van der Waals surface area contributed by atoms with Crippen LogP contribution in [0.15, 0.2) is 36.4 Å². The summed E-state index contributed by atoms with van der Waals surface area (Å²) >= 11 is 0. The molecule has 1 unspecified atom stereocenters. The Morgan fingerprint density at radius 2 is 1.76 bits per heavy atom. The Morgan fingerprint density at radius 3 is 2.34 bits per heavy atom. The van der Waals surface area contributed by atoms with Crippen LogP contribution in [0.3, 0.4) is 0 Å². The molecule has 0 spiro atoms. The zero-order valence-electron chi connectivity index (χ0n) is 22.2. The number of carbonyl (C=O) groups excluding carboxylic acids is 4. The summed E-state index contributed by atoms with van der Waals surface area (Å²) in [6.07, 6.45) is 0.815. The molecule has 4 amide bonds. The number of rotatable bonds is 6. The monoisotopic (exact) mass is 563 g/mol. The maximum atomic E-state index is 14.8. The van der Waals surface area contributed by atoms with Crippen LogP contribution in [0.25, 0.3) is 4.85 Å². The van der Waals surface area contributed by atoms with Gasteiger partial charge in [0, 0.05) is 62.8 Å². The summed E-state index contributed by atoms with van der Waals surface area (Å²) in [5.41, 5.74) is -0.0770. The van der Waals surface area contributed by atoms with E-state index in [1.165, 1.54) is 0 Å². The first-order valence-electron chi connectivity index (χ1n) is 13.3. The highest BCUT2D eigenvalue weighted by molar-refractivity contribution is 6.01. The highest BCUT2D eigenvalue weighted by atomic mass is 19.1. The van der Waals surface area contributed by atoms with Crippen molar-refractivity contribution in [2.45, 2.75) is 49.7 Å². The Bertz CT molecular complexity index is 1470. The minimum Gasteiger partial charge on any atom is -0.443 e. The maximum Gasteiger partial charge on any atom is 0.408 e. The molecule has 7 rings (SSSR count). The number of nitrogens with zero attached hydrogens (tertiary/aromatic N) is 3. The number of anilines is 2. The third-order valence-electron chi connectivity index (χ3n) is 8.64. The summed E-state index contributed by atoms with van der Waals surface area (Å²) in [7, 11) is 1.69. The number of carbonyl (C=O) groups is 4. The van der Waals surface area contributed by atoms with E-state index in [0.29, 0.717) is 43.7 Å². The van der Waals surface area contributed by atoms with Gasteiger partial charge in [-0.2, -0.15) is 0 Å². The SMILES string of the molecule is [C-]#[N+]c1ccc(N(C)C(=O)C23CC(OC(=O)NC4CN(c5cc(F)c(C6CCC(=O)NC6=O)c(F)c5)C4)(C2)C3)cc1. The molecule has 5 fully saturated rings. The molecular weight excluding hydrogens is 536 g/mol. The fourth-order valence-corrected chi connectivity index (χ4v) is 6.48. The van der Waals surface area contributed by atoms with Crippen LogP contribution in [0.2, 0.25) is 0 Å². The van der Waals surface area contributed by atoms with Crippen molar-refractivity contribution in [2.24, 2.45) is 5.41 Å². The first-order chi connectivity index (χ1) is 19.5. The van der Waals surface area contributed by atoms with E-state index in [9.17, 15) is 28.0 Å². The summed E-state index contributed by atoms with van der Waals surface area (Å²) < 4.78 is 35.3. The molecule has 5 aliphatic rings. The zero-order chi connectivity index (χ0) is 29.1. The lowest BCUT2D eigenvalue weighted by molar-refractivity contribution is -0.246. The van der Waals surface area contributed by atoms with Crippen molar-refractivity contribution in [1.29, 1.82) is 0 Å². The predicted octanol–water partition coefficient (Wildman–Crippen LogP) is 3.54. The van der Waals surface area contributed by atoms with Crippen LogP contribution in [0.1, 0.15) is 43.6 Å². The summed E-state index contributed by atoms with van der Waals surface area (Å²) in [5.74, 6) is -4.00. The van der Waals surface area contributed by atoms with Crippen molar-refractivity contribution in [3.63, 3.8) is 0 Å². The van der Waals surface area contributed by atoms with E-state index in [-0.39, 0.29) is 36.0 Å². The van der Waals surface area contributed by atoms with Crippen molar-refractivity contribution >= 4 is 40.9 Å². The molecule has 212 valence electrons. The predicted molar refractivity (Wildman–Crippen MR) is 142 cm³/mol. The third-order valence-corrected chi connectivity index (χ3v) is 8.64. The first-order valence-corrected chi connectivity index (χ1v) is 13.3. The normalized spacial score (nSPS) is 26.5. The second-order valence-corrected chi connectivity index (χ2v) is 11.4. The molecule has 12 heteroatoms. The van der Waals surface area contributed by atoms with Crippen LogP contribution < -0.4 is 20.4 Å². The van der Waals surface area contributed by atoms with Crippen LogP contribution in [-0.4, -0.2) is 55.6 Å². The van der Waals surface area contributed by atoms with Crippen LogP contribution in [0.5, 0.6) is 0 Å². The van der Waals surface area contributed by atoms with Gasteiger partial charge in [-0.15, -0.1) is 0 Å². The fraction of sp³-hybridized carbons (Fsp3) is 0.414. The van der Waals surface area contributed by atoms with Gasteiger partial charge in [0.2, 0.25) is 17.7 Å². The smallest absolute Gasteiger partial charge is 0.408 e. The molecule has 1 atom stereocenters. The number of hydrogen-bond acceptors (Lipinski definition) is 6. The van der Waals surface area contributed by atoms with Crippen LogP contribution in [0, 0.1) is 23.6 Å². The molecule has 2 N–H and O–H groups in total. The van der Waals surface area contributed by atoms with Gasteiger partial charge in [0.1, 0.15) is 17.2 Å². The van der Waals surface area contributed by atoms with Gasteiger partial charge in [0.15, 0.2) is 5.69 Å². The number of alkyl carbamates (subject to hydrolysis) is 1. The number of imide groups is 1. The quantitative estimate of drug-likeness (QED) is 0.411. The fourth-order valence-electron chi connectivity index (χ4n) is 6.48. The van der Waals surface area contributed by atoms with Crippen molar-refractivity contribution < 1.29 is 32.7 Å². The number of amides is 4. The van der Waals surface area contributed by atoms with Crippen LogP contribution >= 0.6 is 0 Å². The summed E-state index contributed by atoms with van der Waals surface area (Å²) in [6.45, 7) is 7.69. The van der Waals surface area contributed by atoms with Crippen LogP contribution in [-0.2, 0) is 19.1 Å². The lowest BCUT2D eigenvalue weighted by Crippen LogP contribution is -2.74. The zero-order valence-corrected chi connectivity index (χ0v) is 22.2. The molecule has 0 aromatic heterocycles. The maximum absolute atomic E-state index is 14.8. The Hall–Kier alpha value is -4.53. The molecule has 0 radical (unpaired) electrons. The molecule has 3 saturated carbocycles. The summed E-state index contributed by atoms with van der Waals surface area (Å²) in [5, 5.41) is 4.89. The molecule has 2 aromatic carbocycles. The molecule has 2 heterocycles. The minimum absolute atomic E-state index is 0.0155. The summed E-state index contributed by atoms with van der Waals surface area (Å²) in [6, 6.07) is 8.82. The molecule has 2 aliphatic heterocycles. The second-order valence-electron chi connectivity index (χ2n) is 11.4. The van der Waals surface area contributed by atoms with E-state index in [0.717, 1.165) is 12.1 Å². The van der Waals surface area contributed by atoms with E-state index in [1.54, 1.807) is 41.1 Å². The van der Waals surface area contributed by atoms with E-state index < -0.39 is 46.5 Å². The lowest BCUT2D eigenvalue weighted by atomic mass is 9.40. The van der Waals surface area contributed by atoms with Crippen molar-refractivity contribution in [1.82, 2.24) is 10.6 Å². The molecule has 41 heavy (non-hydrogen) atoms. The number of nitrogens with one attached hydrogen (secondary N) is 2. The molecule has 2 bridgehead atoms. The number of piperidine rings is 1. The van der Waals surface area contributed by atoms with Gasteiger partial charge in [-0.25, -0.2) is 18.4 Å². The standard InChI is InChI=1S/C29H27F2N5O5/c1-32-16-3-5-18(6-4-16)35(2)26(39)28-13-29(14-28,15-28)41-27(40)33-17-11-36(12-17)19-9-21(30)24(22(31)10-19)20-7-8-23(37)34-25(20)38/h3-6,9-10,17,20H,7-8,11-15H2,2H3,(H,33,40)(H,34,37,38). The molecule has 2 saturated heterocycles. The number of halogens is 2. The van der Waals surface area contributed by atoms with Crippen molar-refractivity contribution in [3.8, 4) is 0 Å². The van der Waals surface area contributed by atoms with Crippen molar-refractivity contribution in [3.05, 3.63) is 65.0 Å². The van der Waals surface area contributed by atoms with E-state index in [4.69, 9.17) is 11.3 Å². The second kappa shape index (κ2) is 9.54. The molecule has 2 aromatic rings. The molecule has 10 nitrogen and oxygen atoms in total. The Labute approximate surface area is 234 Å². The third kappa shape index (κ3) is 4.55. The average molecular weight is 564 g/mol. The number of ether oxygens (including phenoxy) is 1. The Morgan fingerprint density at radius 1 is 1.12 bits per heavy atom. The van der Waals surface area contributed by atoms with E-state index >= 15 is 0 Å². The Kier molecular flexibility index (Phi) is 6.21. The van der Waals surface area contributed by atoms with Gasteiger partial charge >= 0.3 is 6.09 Å². The minimum atomic E-state index is -1.06. The first kappa shape index (κ1) is 26.7. The van der Waals surface area contributed by atoms with Gasteiger partial charge in [-0.1, -0.05) is 12.1 Å². The Balaban J connectivity index is 0.978. The van der Waals surface area contributed by atoms with Crippen LogP contribution in [0.4, 0.5) is 30.6 Å². The number of benzene rings is 2. The van der Waals surface area contributed by atoms with Gasteiger partial charge in [-0.05, 0) is 30.7 Å². The van der Waals surface area contributed by atoms with Gasteiger partial charge in [-0.3, -0.25) is 19.7 Å².